The van der Waals surface area contributed by atoms with Gasteiger partial charge in [0.1, 0.15) is 17.3 Å². The summed E-state index contributed by atoms with van der Waals surface area (Å²) in [6, 6.07) is 3.60. The predicted molar refractivity (Wildman–Crippen MR) is 124 cm³/mol. The standard InChI is InChI=1S/C22H29F3N4O5S/c1-20(2)9-14(10-21(3,4)29-20)28-19-12-26-17(11-27-19)16-7-6-15(8-18(16)33-13-32-5)34-35(30,31)22(23,24)25/h6-8,11-12,14,29H,9-10,13H2,1-5H3,(H,27,28). The third-order valence-electron chi connectivity index (χ3n) is 5.24. The monoisotopic (exact) mass is 518 g/mol. The van der Waals surface area contributed by atoms with Crippen molar-refractivity contribution >= 4 is 15.9 Å². The first-order valence-corrected chi connectivity index (χ1v) is 12.2. The average Bonchev–Trinajstić information content (AvgIpc) is 2.69. The molecule has 1 fully saturated rings. The van der Waals surface area contributed by atoms with Gasteiger partial charge in [-0.05, 0) is 52.7 Å². The van der Waals surface area contributed by atoms with E-state index in [-0.39, 0.29) is 29.7 Å². The zero-order valence-corrected chi connectivity index (χ0v) is 20.9. The molecule has 0 amide bonds. The Balaban J connectivity index is 1.82. The number of nitrogens with one attached hydrogen (secondary N) is 2. The molecule has 0 bridgehead atoms. The fourth-order valence-electron chi connectivity index (χ4n) is 4.36. The van der Waals surface area contributed by atoms with Crippen LogP contribution in [0.1, 0.15) is 40.5 Å². The molecule has 2 N–H and O–H groups in total. The highest BCUT2D eigenvalue weighted by molar-refractivity contribution is 7.88. The highest BCUT2D eigenvalue weighted by atomic mass is 32.2. The molecule has 0 aliphatic carbocycles. The Bertz CT molecular complexity index is 1120. The largest absolute Gasteiger partial charge is 0.534 e. The van der Waals surface area contributed by atoms with Crippen LogP contribution in [0.3, 0.4) is 0 Å². The highest BCUT2D eigenvalue weighted by Crippen LogP contribution is 2.35. The van der Waals surface area contributed by atoms with Gasteiger partial charge < -0.3 is 24.3 Å². The fourth-order valence-corrected chi connectivity index (χ4v) is 4.81. The Morgan fingerprint density at radius 3 is 2.31 bits per heavy atom. The predicted octanol–water partition coefficient (Wildman–Crippen LogP) is 4.08. The summed E-state index contributed by atoms with van der Waals surface area (Å²) in [5, 5.41) is 7.03. The van der Waals surface area contributed by atoms with Gasteiger partial charge in [-0.1, -0.05) is 0 Å². The van der Waals surface area contributed by atoms with Gasteiger partial charge in [0.05, 0.1) is 18.1 Å². The van der Waals surface area contributed by atoms with E-state index in [1.54, 1.807) is 6.20 Å². The first-order valence-electron chi connectivity index (χ1n) is 10.8. The molecule has 0 unspecified atom stereocenters. The lowest BCUT2D eigenvalue weighted by Gasteiger charge is -2.46. The second kappa shape index (κ2) is 9.78. The summed E-state index contributed by atoms with van der Waals surface area (Å²) in [6.45, 7) is 8.34. The van der Waals surface area contributed by atoms with E-state index in [0.29, 0.717) is 17.1 Å². The smallest absolute Gasteiger partial charge is 0.467 e. The molecule has 194 valence electrons. The highest BCUT2D eigenvalue weighted by Gasteiger charge is 2.48. The molecule has 35 heavy (non-hydrogen) atoms. The number of benzene rings is 1. The maximum atomic E-state index is 12.7. The zero-order chi connectivity index (χ0) is 26.1. The summed E-state index contributed by atoms with van der Waals surface area (Å²) in [4.78, 5) is 8.82. The lowest BCUT2D eigenvalue weighted by Crippen LogP contribution is -2.60. The Hall–Kier alpha value is -2.64. The van der Waals surface area contributed by atoms with Crippen molar-refractivity contribution in [2.45, 2.75) is 63.2 Å². The van der Waals surface area contributed by atoms with E-state index in [1.807, 2.05) is 0 Å². The molecule has 0 radical (unpaired) electrons. The number of ether oxygens (including phenoxy) is 2. The minimum absolute atomic E-state index is 0.0126. The molecule has 0 spiro atoms. The van der Waals surface area contributed by atoms with Gasteiger partial charge in [-0.15, -0.1) is 0 Å². The number of nitrogens with zero attached hydrogens (tertiary/aromatic N) is 2. The number of hydrogen-bond donors (Lipinski definition) is 2. The Morgan fingerprint density at radius 2 is 1.77 bits per heavy atom. The van der Waals surface area contributed by atoms with E-state index in [1.165, 1.54) is 19.4 Å². The second-order valence-electron chi connectivity index (χ2n) is 9.62. The van der Waals surface area contributed by atoms with E-state index < -0.39 is 21.4 Å². The van der Waals surface area contributed by atoms with E-state index in [4.69, 9.17) is 9.47 Å². The topological polar surface area (TPSA) is 112 Å². The second-order valence-corrected chi connectivity index (χ2v) is 11.2. The van der Waals surface area contributed by atoms with Gasteiger partial charge in [0.15, 0.2) is 6.79 Å². The van der Waals surface area contributed by atoms with E-state index in [2.05, 4.69) is 52.5 Å². The van der Waals surface area contributed by atoms with Gasteiger partial charge in [-0.2, -0.15) is 21.6 Å². The number of alkyl halides is 3. The van der Waals surface area contributed by atoms with Crippen LogP contribution in [-0.4, -0.2) is 54.9 Å². The third-order valence-corrected chi connectivity index (χ3v) is 6.22. The summed E-state index contributed by atoms with van der Waals surface area (Å²) in [6.07, 6.45) is 4.81. The van der Waals surface area contributed by atoms with Crippen LogP contribution in [0.4, 0.5) is 19.0 Å². The quantitative estimate of drug-likeness (QED) is 0.303. The van der Waals surface area contributed by atoms with Crippen LogP contribution in [0.15, 0.2) is 30.6 Å². The van der Waals surface area contributed by atoms with Gasteiger partial charge in [-0.3, -0.25) is 4.98 Å². The lowest BCUT2D eigenvalue weighted by atomic mass is 9.79. The van der Waals surface area contributed by atoms with Crippen LogP contribution in [0.2, 0.25) is 0 Å². The molecule has 0 saturated carbocycles. The number of rotatable bonds is 8. The maximum absolute atomic E-state index is 12.7. The number of aromatic nitrogens is 2. The van der Waals surface area contributed by atoms with E-state index in [9.17, 15) is 21.6 Å². The molecule has 2 heterocycles. The van der Waals surface area contributed by atoms with Crippen LogP contribution in [0.5, 0.6) is 11.5 Å². The Labute approximate surface area is 202 Å². The molecule has 2 aromatic rings. The minimum Gasteiger partial charge on any atom is -0.467 e. The average molecular weight is 519 g/mol. The van der Waals surface area contributed by atoms with E-state index >= 15 is 0 Å². The molecule has 13 heteroatoms. The normalized spacial score (nSPS) is 18.2. The summed E-state index contributed by atoms with van der Waals surface area (Å²) in [5.74, 6) is 0.0148. The molecule has 1 aromatic carbocycles. The van der Waals surface area contributed by atoms with Crippen molar-refractivity contribution in [2.75, 3.05) is 19.2 Å². The molecule has 1 aliphatic rings. The van der Waals surface area contributed by atoms with Crippen molar-refractivity contribution in [1.29, 1.82) is 0 Å². The minimum atomic E-state index is -5.83. The number of anilines is 1. The summed E-state index contributed by atoms with van der Waals surface area (Å²) < 4.78 is 75.1. The summed E-state index contributed by atoms with van der Waals surface area (Å²) in [5.41, 5.74) is -4.94. The molecule has 3 rings (SSSR count). The Morgan fingerprint density at radius 1 is 1.11 bits per heavy atom. The SMILES string of the molecule is COCOc1cc(OS(=O)(=O)C(F)(F)F)ccc1-c1cnc(NC2CC(C)(C)NC(C)(C)C2)cn1. The van der Waals surface area contributed by atoms with Crippen molar-refractivity contribution in [1.82, 2.24) is 15.3 Å². The van der Waals surface area contributed by atoms with Crippen molar-refractivity contribution in [3.8, 4) is 22.8 Å². The van der Waals surface area contributed by atoms with E-state index in [0.717, 1.165) is 25.0 Å². The van der Waals surface area contributed by atoms with Crippen LogP contribution in [0.25, 0.3) is 11.3 Å². The van der Waals surface area contributed by atoms with Crippen molar-refractivity contribution < 1.29 is 35.2 Å². The van der Waals surface area contributed by atoms with Crippen LogP contribution >= 0.6 is 0 Å². The fraction of sp³-hybridized carbons (Fsp3) is 0.545. The van der Waals surface area contributed by atoms with Crippen molar-refractivity contribution in [3.05, 3.63) is 30.6 Å². The molecule has 9 nitrogen and oxygen atoms in total. The molecule has 1 aliphatic heterocycles. The Kier molecular flexibility index (Phi) is 7.53. The zero-order valence-electron chi connectivity index (χ0n) is 20.1. The number of piperidine rings is 1. The molecular formula is C22H29F3N4O5S. The molecule has 1 aromatic heterocycles. The van der Waals surface area contributed by atoms with Crippen LogP contribution in [-0.2, 0) is 14.9 Å². The number of halogens is 3. The van der Waals surface area contributed by atoms with Gasteiger partial charge in [0.25, 0.3) is 0 Å². The molecule has 1 saturated heterocycles. The molecular weight excluding hydrogens is 489 g/mol. The summed E-state index contributed by atoms with van der Waals surface area (Å²) >= 11 is 0. The number of hydrogen-bond acceptors (Lipinski definition) is 9. The van der Waals surface area contributed by atoms with Crippen molar-refractivity contribution in [3.63, 3.8) is 0 Å². The van der Waals surface area contributed by atoms with Gasteiger partial charge in [0, 0.05) is 35.9 Å². The van der Waals surface area contributed by atoms with Gasteiger partial charge >= 0.3 is 15.6 Å². The maximum Gasteiger partial charge on any atom is 0.534 e. The van der Waals surface area contributed by atoms with Crippen molar-refractivity contribution in [2.24, 2.45) is 0 Å². The first kappa shape index (κ1) is 27.0. The molecule has 0 atom stereocenters. The van der Waals surface area contributed by atoms with Crippen LogP contribution < -0.4 is 19.6 Å². The van der Waals surface area contributed by atoms with Gasteiger partial charge in [0.2, 0.25) is 0 Å². The first-order chi connectivity index (χ1) is 16.1. The van der Waals surface area contributed by atoms with Gasteiger partial charge in [-0.25, -0.2) is 4.98 Å². The van der Waals surface area contributed by atoms with Crippen LogP contribution in [0, 0.1) is 0 Å². The lowest BCUT2D eigenvalue weighted by molar-refractivity contribution is -0.0500. The number of methoxy groups -OCH3 is 1. The summed E-state index contributed by atoms with van der Waals surface area (Å²) in [7, 11) is -4.47. The third kappa shape index (κ3) is 6.95.